The summed E-state index contributed by atoms with van der Waals surface area (Å²) < 4.78 is 0. The van der Waals surface area contributed by atoms with Crippen LogP contribution in [-0.4, -0.2) is 0 Å². The highest BCUT2D eigenvalue weighted by atomic mass is 32.1. The molecule has 0 fully saturated rings. The molecule has 0 saturated carbocycles. The van der Waals surface area contributed by atoms with Crippen molar-refractivity contribution in [2.75, 3.05) is 0 Å². The highest BCUT2D eigenvalue weighted by molar-refractivity contribution is 7.19. The molecule has 0 bridgehead atoms. The minimum absolute atomic E-state index is 1.31. The van der Waals surface area contributed by atoms with Gasteiger partial charge in [0.2, 0.25) is 0 Å². The van der Waals surface area contributed by atoms with Crippen LogP contribution in [0.15, 0.2) is 60.7 Å². The fourth-order valence-corrected chi connectivity index (χ4v) is 3.40. The van der Waals surface area contributed by atoms with E-state index in [0.29, 0.717) is 0 Å². The van der Waals surface area contributed by atoms with Crippen molar-refractivity contribution in [2.24, 2.45) is 0 Å². The SMILES string of the molecule is Cc1ccc(-c2cc(C)c(-c3ccccc3)s2)cc1. The molecule has 1 heterocycles. The largest absolute Gasteiger partial charge is 0.135 e. The second kappa shape index (κ2) is 5.02. The van der Waals surface area contributed by atoms with Gasteiger partial charge in [0.1, 0.15) is 0 Å². The van der Waals surface area contributed by atoms with E-state index in [2.05, 4.69) is 74.5 Å². The maximum absolute atomic E-state index is 2.29. The van der Waals surface area contributed by atoms with Crippen molar-refractivity contribution in [3.05, 3.63) is 71.8 Å². The summed E-state index contributed by atoms with van der Waals surface area (Å²) in [6.07, 6.45) is 0. The van der Waals surface area contributed by atoms with Crippen LogP contribution in [0.3, 0.4) is 0 Å². The van der Waals surface area contributed by atoms with Crippen molar-refractivity contribution in [3.8, 4) is 20.9 Å². The molecule has 1 aromatic heterocycles. The van der Waals surface area contributed by atoms with Gasteiger partial charge in [0.05, 0.1) is 0 Å². The molecule has 19 heavy (non-hydrogen) atoms. The van der Waals surface area contributed by atoms with E-state index in [9.17, 15) is 0 Å². The van der Waals surface area contributed by atoms with Gasteiger partial charge in [-0.2, -0.15) is 0 Å². The average Bonchev–Trinajstić information content (AvgIpc) is 2.83. The zero-order valence-corrected chi connectivity index (χ0v) is 12.0. The van der Waals surface area contributed by atoms with Crippen LogP contribution < -0.4 is 0 Å². The first-order valence-electron chi connectivity index (χ1n) is 6.47. The number of aryl methyl sites for hydroxylation is 2. The normalized spacial score (nSPS) is 10.6. The van der Waals surface area contributed by atoms with E-state index in [1.54, 1.807) is 0 Å². The quantitative estimate of drug-likeness (QED) is 0.557. The third-order valence-corrected chi connectivity index (χ3v) is 4.63. The molecule has 3 aromatic rings. The van der Waals surface area contributed by atoms with E-state index in [1.807, 2.05) is 11.3 Å². The van der Waals surface area contributed by atoms with E-state index in [-0.39, 0.29) is 0 Å². The molecule has 0 atom stereocenters. The monoisotopic (exact) mass is 264 g/mol. The van der Waals surface area contributed by atoms with E-state index in [1.165, 1.54) is 32.0 Å². The molecular weight excluding hydrogens is 248 g/mol. The van der Waals surface area contributed by atoms with Gasteiger partial charge >= 0.3 is 0 Å². The van der Waals surface area contributed by atoms with Gasteiger partial charge in [-0.05, 0) is 36.6 Å². The summed E-state index contributed by atoms with van der Waals surface area (Å²) in [4.78, 5) is 2.72. The fourth-order valence-electron chi connectivity index (χ4n) is 2.22. The fraction of sp³-hybridized carbons (Fsp3) is 0.111. The molecular formula is C18H16S. The molecule has 0 saturated heterocycles. The van der Waals surface area contributed by atoms with Gasteiger partial charge in [0.25, 0.3) is 0 Å². The Labute approximate surface area is 118 Å². The van der Waals surface area contributed by atoms with E-state index >= 15 is 0 Å². The standard InChI is InChI=1S/C18H16S/c1-13-8-10-15(11-9-13)17-12-14(2)18(19-17)16-6-4-3-5-7-16/h3-12H,1-2H3. The van der Waals surface area contributed by atoms with Crippen LogP contribution in [0, 0.1) is 13.8 Å². The molecule has 0 aliphatic heterocycles. The lowest BCUT2D eigenvalue weighted by Gasteiger charge is -1.99. The second-order valence-electron chi connectivity index (χ2n) is 4.85. The van der Waals surface area contributed by atoms with Crippen molar-refractivity contribution in [1.29, 1.82) is 0 Å². The Hall–Kier alpha value is -1.86. The number of thiophene rings is 1. The zero-order chi connectivity index (χ0) is 13.2. The average molecular weight is 264 g/mol. The Morgan fingerprint density at radius 1 is 0.737 bits per heavy atom. The number of hydrogen-bond donors (Lipinski definition) is 0. The topological polar surface area (TPSA) is 0 Å². The lowest BCUT2D eigenvalue weighted by Crippen LogP contribution is -1.73. The predicted molar refractivity (Wildman–Crippen MR) is 84.7 cm³/mol. The summed E-state index contributed by atoms with van der Waals surface area (Å²) in [5.41, 5.74) is 5.27. The molecule has 0 unspecified atom stereocenters. The van der Waals surface area contributed by atoms with Crippen molar-refractivity contribution >= 4 is 11.3 Å². The summed E-state index contributed by atoms with van der Waals surface area (Å²) in [7, 11) is 0. The molecule has 0 aliphatic rings. The third kappa shape index (κ3) is 2.47. The summed E-state index contributed by atoms with van der Waals surface area (Å²) in [6.45, 7) is 4.31. The Balaban J connectivity index is 2.04. The molecule has 0 radical (unpaired) electrons. The van der Waals surface area contributed by atoms with E-state index < -0.39 is 0 Å². The molecule has 94 valence electrons. The highest BCUT2D eigenvalue weighted by Gasteiger charge is 2.08. The van der Waals surface area contributed by atoms with Gasteiger partial charge in [-0.1, -0.05) is 60.2 Å². The van der Waals surface area contributed by atoms with Crippen molar-refractivity contribution in [2.45, 2.75) is 13.8 Å². The smallest absolute Gasteiger partial charge is 0.0378 e. The zero-order valence-electron chi connectivity index (χ0n) is 11.2. The van der Waals surface area contributed by atoms with E-state index in [4.69, 9.17) is 0 Å². The van der Waals surface area contributed by atoms with Gasteiger partial charge in [0, 0.05) is 9.75 Å². The van der Waals surface area contributed by atoms with Crippen LogP contribution >= 0.6 is 11.3 Å². The number of hydrogen-bond acceptors (Lipinski definition) is 1. The second-order valence-corrected chi connectivity index (χ2v) is 5.91. The van der Waals surface area contributed by atoms with Gasteiger partial charge in [-0.15, -0.1) is 11.3 Å². The predicted octanol–water partition coefficient (Wildman–Crippen LogP) is 5.70. The number of rotatable bonds is 2. The lowest BCUT2D eigenvalue weighted by atomic mass is 10.1. The first kappa shape index (κ1) is 12.2. The van der Waals surface area contributed by atoms with Crippen LogP contribution in [0.5, 0.6) is 0 Å². The summed E-state index contributed by atoms with van der Waals surface area (Å²) in [5.74, 6) is 0. The van der Waals surface area contributed by atoms with Gasteiger partial charge < -0.3 is 0 Å². The molecule has 0 amide bonds. The maximum atomic E-state index is 2.29. The number of benzene rings is 2. The van der Waals surface area contributed by atoms with Crippen LogP contribution in [0.4, 0.5) is 0 Å². The highest BCUT2D eigenvalue weighted by Crippen LogP contribution is 2.37. The molecule has 2 aromatic carbocycles. The van der Waals surface area contributed by atoms with E-state index in [0.717, 1.165) is 0 Å². The first-order chi connectivity index (χ1) is 9.24. The van der Waals surface area contributed by atoms with Crippen LogP contribution in [0.25, 0.3) is 20.9 Å². The molecule has 0 aliphatic carbocycles. The van der Waals surface area contributed by atoms with Crippen LogP contribution in [-0.2, 0) is 0 Å². The summed E-state index contributed by atoms with van der Waals surface area (Å²) in [5, 5.41) is 0. The molecule has 3 rings (SSSR count). The molecule has 0 spiro atoms. The molecule has 1 heteroatoms. The van der Waals surface area contributed by atoms with Crippen LogP contribution in [0.1, 0.15) is 11.1 Å². The first-order valence-corrected chi connectivity index (χ1v) is 7.28. The van der Waals surface area contributed by atoms with Crippen LogP contribution in [0.2, 0.25) is 0 Å². The Morgan fingerprint density at radius 2 is 1.42 bits per heavy atom. The molecule has 0 nitrogen and oxygen atoms in total. The van der Waals surface area contributed by atoms with Crippen molar-refractivity contribution < 1.29 is 0 Å². The minimum Gasteiger partial charge on any atom is -0.135 e. The maximum Gasteiger partial charge on any atom is 0.0378 e. The summed E-state index contributed by atoms with van der Waals surface area (Å²) in [6, 6.07) is 21.7. The summed E-state index contributed by atoms with van der Waals surface area (Å²) >= 11 is 1.87. The lowest BCUT2D eigenvalue weighted by molar-refractivity contribution is 1.47. The minimum atomic E-state index is 1.31. The van der Waals surface area contributed by atoms with Gasteiger partial charge in [0.15, 0.2) is 0 Å². The van der Waals surface area contributed by atoms with Crippen molar-refractivity contribution in [1.82, 2.24) is 0 Å². The Bertz CT molecular complexity index is 675. The van der Waals surface area contributed by atoms with Crippen molar-refractivity contribution in [3.63, 3.8) is 0 Å². The van der Waals surface area contributed by atoms with Gasteiger partial charge in [-0.25, -0.2) is 0 Å². The Kier molecular flexibility index (Phi) is 3.22. The molecule has 0 N–H and O–H groups in total. The van der Waals surface area contributed by atoms with Gasteiger partial charge in [-0.3, -0.25) is 0 Å². The Morgan fingerprint density at radius 3 is 2.11 bits per heavy atom. The third-order valence-electron chi connectivity index (χ3n) is 3.29.